The summed E-state index contributed by atoms with van der Waals surface area (Å²) in [6.45, 7) is 2.49. The second kappa shape index (κ2) is 5.99. The number of benzene rings is 1. The number of ether oxygens (including phenoxy) is 2. The fourth-order valence-corrected chi connectivity index (χ4v) is 3.78. The fraction of sp³-hybridized carbons (Fsp3) is 0.538. The van der Waals surface area contributed by atoms with E-state index in [4.69, 9.17) is 15.2 Å². The third kappa shape index (κ3) is 3.41. The van der Waals surface area contributed by atoms with Crippen LogP contribution < -0.4 is 15.2 Å². The van der Waals surface area contributed by atoms with Crippen molar-refractivity contribution in [1.29, 1.82) is 0 Å². The quantitative estimate of drug-likeness (QED) is 0.813. The molecule has 1 saturated heterocycles. The van der Waals surface area contributed by atoms with Crippen LogP contribution in [0.3, 0.4) is 0 Å². The Morgan fingerprint density at radius 1 is 1.45 bits per heavy atom. The van der Waals surface area contributed by atoms with Crippen LogP contribution in [-0.2, 0) is 14.8 Å². The highest BCUT2D eigenvalue weighted by Gasteiger charge is 2.27. The smallest absolute Gasteiger partial charge is 0.244 e. The van der Waals surface area contributed by atoms with Crippen molar-refractivity contribution in [1.82, 2.24) is 4.72 Å². The van der Waals surface area contributed by atoms with Gasteiger partial charge in [0.15, 0.2) is 0 Å². The molecule has 0 amide bonds. The molecule has 2 atom stereocenters. The molecule has 2 rings (SSSR count). The monoisotopic (exact) mass is 300 g/mol. The Labute approximate surface area is 119 Å². The maximum atomic E-state index is 12.5. The van der Waals surface area contributed by atoms with Gasteiger partial charge in [0, 0.05) is 18.3 Å². The van der Waals surface area contributed by atoms with Crippen LogP contribution in [0.4, 0.5) is 5.69 Å². The minimum absolute atomic E-state index is 0.0548. The highest BCUT2D eigenvalue weighted by atomic mass is 32.2. The Morgan fingerprint density at radius 3 is 2.85 bits per heavy atom. The van der Waals surface area contributed by atoms with E-state index in [1.807, 2.05) is 6.92 Å². The van der Waals surface area contributed by atoms with Crippen LogP contribution in [-0.4, -0.2) is 34.3 Å². The highest BCUT2D eigenvalue weighted by molar-refractivity contribution is 7.89. The zero-order valence-electron chi connectivity index (χ0n) is 11.6. The molecule has 1 aromatic carbocycles. The molecule has 1 aliphatic heterocycles. The maximum absolute atomic E-state index is 12.5. The summed E-state index contributed by atoms with van der Waals surface area (Å²) in [4.78, 5) is 0.0687. The number of rotatable bonds is 4. The average Bonchev–Trinajstić information content (AvgIpc) is 2.38. The molecule has 112 valence electrons. The maximum Gasteiger partial charge on any atom is 0.244 e. The molecule has 7 heteroatoms. The molecule has 0 radical (unpaired) electrons. The van der Waals surface area contributed by atoms with Gasteiger partial charge in [0.05, 0.1) is 13.2 Å². The van der Waals surface area contributed by atoms with E-state index in [1.54, 1.807) is 12.1 Å². The van der Waals surface area contributed by atoms with Crippen molar-refractivity contribution in [3.8, 4) is 5.75 Å². The zero-order valence-corrected chi connectivity index (χ0v) is 12.4. The number of nitrogens with two attached hydrogens (primary N) is 1. The topological polar surface area (TPSA) is 90.7 Å². The lowest BCUT2D eigenvalue weighted by Gasteiger charge is -2.27. The van der Waals surface area contributed by atoms with E-state index in [0.29, 0.717) is 25.1 Å². The molecular formula is C13H20N2O4S. The van der Waals surface area contributed by atoms with Gasteiger partial charge in [-0.1, -0.05) is 0 Å². The third-order valence-electron chi connectivity index (χ3n) is 3.28. The molecule has 3 N–H and O–H groups in total. The summed E-state index contributed by atoms with van der Waals surface area (Å²) in [6, 6.07) is 4.43. The van der Waals surface area contributed by atoms with Crippen molar-refractivity contribution in [2.24, 2.45) is 0 Å². The van der Waals surface area contributed by atoms with E-state index in [2.05, 4.69) is 4.72 Å². The molecule has 0 aromatic heterocycles. The number of hydrogen-bond donors (Lipinski definition) is 2. The molecule has 0 spiro atoms. The SMILES string of the molecule is COc1ccc(N)cc1S(=O)(=O)NC1CCOC(C)C1. The van der Waals surface area contributed by atoms with Gasteiger partial charge in [0.25, 0.3) is 0 Å². The van der Waals surface area contributed by atoms with Crippen LogP contribution in [0.25, 0.3) is 0 Å². The molecular weight excluding hydrogens is 280 g/mol. The predicted octanol–water partition coefficient (Wildman–Crippen LogP) is 1.12. The molecule has 0 saturated carbocycles. The number of nitrogen functional groups attached to an aromatic ring is 1. The predicted molar refractivity (Wildman–Crippen MR) is 76.2 cm³/mol. The molecule has 1 heterocycles. The van der Waals surface area contributed by atoms with Crippen LogP contribution in [0, 0.1) is 0 Å². The van der Waals surface area contributed by atoms with Gasteiger partial charge in [-0.2, -0.15) is 0 Å². The molecule has 6 nitrogen and oxygen atoms in total. The highest BCUT2D eigenvalue weighted by Crippen LogP contribution is 2.27. The standard InChI is InChI=1S/C13H20N2O4S/c1-9-7-11(5-6-19-9)15-20(16,17)13-8-10(14)3-4-12(13)18-2/h3-4,8-9,11,15H,5-7,14H2,1-2H3. The first-order valence-electron chi connectivity index (χ1n) is 6.50. The number of sulfonamides is 1. The first-order valence-corrected chi connectivity index (χ1v) is 7.98. The van der Waals surface area contributed by atoms with Gasteiger partial charge in [0.2, 0.25) is 10.0 Å². The number of anilines is 1. The third-order valence-corrected chi connectivity index (χ3v) is 4.83. The Bertz CT molecular complexity index is 574. The Balaban J connectivity index is 2.24. The van der Waals surface area contributed by atoms with Gasteiger partial charge in [-0.15, -0.1) is 0 Å². The lowest BCUT2D eigenvalue weighted by atomic mass is 10.1. The van der Waals surface area contributed by atoms with Gasteiger partial charge >= 0.3 is 0 Å². The summed E-state index contributed by atoms with van der Waals surface area (Å²) in [5.74, 6) is 0.284. The summed E-state index contributed by atoms with van der Waals surface area (Å²) >= 11 is 0. The summed E-state index contributed by atoms with van der Waals surface area (Å²) < 4.78 is 38.1. The second-order valence-corrected chi connectivity index (χ2v) is 6.62. The fourth-order valence-electron chi connectivity index (χ4n) is 2.29. The minimum Gasteiger partial charge on any atom is -0.495 e. The molecule has 1 aliphatic rings. The molecule has 20 heavy (non-hydrogen) atoms. The molecule has 0 aliphatic carbocycles. The van der Waals surface area contributed by atoms with Crippen molar-refractivity contribution in [2.45, 2.75) is 36.8 Å². The van der Waals surface area contributed by atoms with Gasteiger partial charge < -0.3 is 15.2 Å². The van der Waals surface area contributed by atoms with Gasteiger partial charge in [-0.25, -0.2) is 13.1 Å². The molecule has 1 aromatic rings. The van der Waals surface area contributed by atoms with Crippen LogP contribution in [0.2, 0.25) is 0 Å². The van der Waals surface area contributed by atoms with Crippen molar-refractivity contribution < 1.29 is 17.9 Å². The summed E-state index contributed by atoms with van der Waals surface area (Å²) in [5.41, 5.74) is 6.05. The van der Waals surface area contributed by atoms with Crippen molar-refractivity contribution >= 4 is 15.7 Å². The van der Waals surface area contributed by atoms with Crippen molar-refractivity contribution in [3.05, 3.63) is 18.2 Å². The first-order chi connectivity index (χ1) is 9.42. The number of hydrogen-bond acceptors (Lipinski definition) is 5. The van der Waals surface area contributed by atoms with Crippen molar-refractivity contribution in [2.75, 3.05) is 19.5 Å². The van der Waals surface area contributed by atoms with E-state index in [-0.39, 0.29) is 22.8 Å². The van der Waals surface area contributed by atoms with Crippen LogP contribution in [0.1, 0.15) is 19.8 Å². The molecule has 1 fully saturated rings. The van der Waals surface area contributed by atoms with Crippen molar-refractivity contribution in [3.63, 3.8) is 0 Å². The second-order valence-electron chi connectivity index (χ2n) is 4.93. The Morgan fingerprint density at radius 2 is 2.20 bits per heavy atom. The first kappa shape index (κ1) is 15.1. The van der Waals surface area contributed by atoms with Gasteiger partial charge in [0.1, 0.15) is 10.6 Å². The molecule has 2 unspecified atom stereocenters. The van der Waals surface area contributed by atoms with E-state index in [9.17, 15) is 8.42 Å². The lowest BCUT2D eigenvalue weighted by molar-refractivity contribution is 0.0173. The normalized spacial score (nSPS) is 23.5. The van der Waals surface area contributed by atoms with Crippen LogP contribution in [0.5, 0.6) is 5.75 Å². The van der Waals surface area contributed by atoms with Crippen LogP contribution >= 0.6 is 0 Å². The summed E-state index contributed by atoms with van der Waals surface area (Å²) in [6.07, 6.45) is 1.37. The number of nitrogens with one attached hydrogen (secondary N) is 1. The van der Waals surface area contributed by atoms with E-state index in [1.165, 1.54) is 13.2 Å². The molecule has 0 bridgehead atoms. The van der Waals surface area contributed by atoms with Crippen LogP contribution in [0.15, 0.2) is 23.1 Å². The van der Waals surface area contributed by atoms with Gasteiger partial charge in [-0.05, 0) is 38.0 Å². The Hall–Kier alpha value is -1.31. The summed E-state index contributed by atoms with van der Waals surface area (Å²) in [5, 5.41) is 0. The van der Waals surface area contributed by atoms with Gasteiger partial charge in [-0.3, -0.25) is 0 Å². The number of methoxy groups -OCH3 is 1. The van der Waals surface area contributed by atoms with E-state index in [0.717, 1.165) is 0 Å². The largest absolute Gasteiger partial charge is 0.495 e. The van der Waals surface area contributed by atoms with E-state index < -0.39 is 10.0 Å². The summed E-state index contributed by atoms with van der Waals surface area (Å²) in [7, 11) is -2.23. The van der Waals surface area contributed by atoms with E-state index >= 15 is 0 Å². The zero-order chi connectivity index (χ0) is 14.8. The average molecular weight is 300 g/mol. The lowest BCUT2D eigenvalue weighted by Crippen LogP contribution is -2.41. The minimum atomic E-state index is -3.66. The Kier molecular flexibility index (Phi) is 4.52.